The maximum atomic E-state index is 11.3. The van der Waals surface area contributed by atoms with Crippen LogP contribution in [-0.2, 0) is 9.53 Å². The molecule has 1 aromatic rings. The van der Waals surface area contributed by atoms with Gasteiger partial charge in [-0.2, -0.15) is 0 Å². The average Bonchev–Trinajstić information content (AvgIpc) is 2.26. The molecule has 4 nitrogen and oxygen atoms in total. The van der Waals surface area contributed by atoms with Gasteiger partial charge in [0.2, 0.25) is 0 Å². The Hall–Kier alpha value is -1.42. The summed E-state index contributed by atoms with van der Waals surface area (Å²) in [5.41, 5.74) is 6.87. The van der Waals surface area contributed by atoms with E-state index in [1.54, 1.807) is 12.4 Å². The first kappa shape index (κ1) is 12.6. The summed E-state index contributed by atoms with van der Waals surface area (Å²) in [6.07, 6.45) is 4.27. The Bertz CT molecular complexity index is 325. The first-order valence-electron chi connectivity index (χ1n) is 5.44. The lowest BCUT2D eigenvalue weighted by molar-refractivity contribution is -0.147. The van der Waals surface area contributed by atoms with Gasteiger partial charge in [-0.25, -0.2) is 0 Å². The molecule has 0 radical (unpaired) electrons. The lowest BCUT2D eigenvalue weighted by Crippen LogP contribution is -2.16. The molecular weight excluding hydrogens is 204 g/mol. The molecule has 2 N–H and O–H groups in total. The zero-order chi connectivity index (χ0) is 12.0. The van der Waals surface area contributed by atoms with Crippen LogP contribution in [0.4, 0.5) is 0 Å². The molecule has 0 saturated heterocycles. The lowest BCUT2D eigenvalue weighted by atomic mass is 10.1. The molecule has 88 valence electrons. The molecule has 16 heavy (non-hydrogen) atoms. The molecule has 0 spiro atoms. The predicted molar refractivity (Wildman–Crippen MR) is 61.6 cm³/mol. The first-order valence-corrected chi connectivity index (χ1v) is 5.44. The maximum absolute atomic E-state index is 11.3. The van der Waals surface area contributed by atoms with Crippen molar-refractivity contribution >= 4 is 5.97 Å². The zero-order valence-electron chi connectivity index (χ0n) is 9.72. The van der Waals surface area contributed by atoms with Gasteiger partial charge in [-0.15, -0.1) is 0 Å². The summed E-state index contributed by atoms with van der Waals surface area (Å²) < 4.78 is 5.03. The molecule has 1 aromatic heterocycles. The zero-order valence-corrected chi connectivity index (χ0v) is 9.72. The highest BCUT2D eigenvalue weighted by Gasteiger charge is 2.10. The predicted octanol–water partition coefficient (Wildman–Crippen LogP) is 1.81. The van der Waals surface area contributed by atoms with Crippen molar-refractivity contribution in [3.63, 3.8) is 0 Å². The molecule has 0 saturated carbocycles. The fraction of sp³-hybridized carbons (Fsp3) is 0.500. The highest BCUT2D eigenvalue weighted by molar-refractivity contribution is 5.69. The van der Waals surface area contributed by atoms with Crippen molar-refractivity contribution in [1.29, 1.82) is 0 Å². The Morgan fingerprint density at radius 1 is 1.56 bits per heavy atom. The Morgan fingerprint density at radius 2 is 2.31 bits per heavy atom. The molecular formula is C12H18N2O2. The molecule has 0 amide bonds. The highest BCUT2D eigenvalue weighted by Crippen LogP contribution is 2.14. The van der Waals surface area contributed by atoms with Crippen LogP contribution in [0.1, 0.15) is 38.3 Å². The van der Waals surface area contributed by atoms with Crippen molar-refractivity contribution in [2.75, 3.05) is 0 Å². The van der Waals surface area contributed by atoms with Gasteiger partial charge < -0.3 is 10.5 Å². The van der Waals surface area contributed by atoms with E-state index in [4.69, 9.17) is 10.5 Å². The van der Waals surface area contributed by atoms with E-state index in [1.807, 2.05) is 26.0 Å². The molecule has 0 bridgehead atoms. The molecule has 0 aliphatic heterocycles. The number of nitrogens with two attached hydrogens (primary N) is 1. The van der Waals surface area contributed by atoms with E-state index in [2.05, 4.69) is 4.98 Å². The van der Waals surface area contributed by atoms with Gasteiger partial charge in [0, 0.05) is 24.9 Å². The molecule has 1 heterocycles. The van der Waals surface area contributed by atoms with E-state index in [1.165, 1.54) is 0 Å². The summed E-state index contributed by atoms with van der Waals surface area (Å²) in [5.74, 6) is -0.200. The highest BCUT2D eigenvalue weighted by atomic mass is 16.5. The minimum atomic E-state index is -0.200. The molecule has 0 unspecified atom stereocenters. The van der Waals surface area contributed by atoms with Crippen molar-refractivity contribution < 1.29 is 9.53 Å². The number of ether oxygens (including phenoxy) is 1. The monoisotopic (exact) mass is 222 g/mol. The summed E-state index contributed by atoms with van der Waals surface area (Å²) in [6, 6.07) is 3.58. The number of carbonyl (C=O) groups is 1. The van der Waals surface area contributed by atoms with Crippen molar-refractivity contribution in [3.05, 3.63) is 30.1 Å². The summed E-state index contributed by atoms with van der Waals surface area (Å²) in [7, 11) is 0. The van der Waals surface area contributed by atoms with Gasteiger partial charge in [0.25, 0.3) is 0 Å². The molecule has 0 aromatic carbocycles. The SMILES string of the molecule is CC(C)OC(=O)CC[C@H](N)c1cccnc1. The van der Waals surface area contributed by atoms with Crippen LogP contribution in [0.3, 0.4) is 0 Å². The molecule has 1 atom stereocenters. The third-order valence-electron chi connectivity index (χ3n) is 2.14. The number of nitrogens with zero attached hydrogens (tertiary/aromatic N) is 1. The van der Waals surface area contributed by atoms with Crippen LogP contribution in [0.15, 0.2) is 24.5 Å². The average molecular weight is 222 g/mol. The van der Waals surface area contributed by atoms with Crippen LogP contribution < -0.4 is 5.73 Å². The standard InChI is InChI=1S/C12H18N2O2/c1-9(2)16-12(15)6-5-11(13)10-4-3-7-14-8-10/h3-4,7-9,11H,5-6,13H2,1-2H3/t11-/m0/s1. The van der Waals surface area contributed by atoms with Gasteiger partial charge in [0.1, 0.15) is 0 Å². The number of aromatic nitrogens is 1. The van der Waals surface area contributed by atoms with Gasteiger partial charge in [-0.1, -0.05) is 6.07 Å². The van der Waals surface area contributed by atoms with E-state index in [0.717, 1.165) is 5.56 Å². The number of carbonyl (C=O) groups excluding carboxylic acids is 1. The second-order valence-electron chi connectivity index (χ2n) is 3.97. The van der Waals surface area contributed by atoms with Crippen LogP contribution >= 0.6 is 0 Å². The Morgan fingerprint density at radius 3 is 2.88 bits per heavy atom. The third-order valence-corrected chi connectivity index (χ3v) is 2.14. The second-order valence-corrected chi connectivity index (χ2v) is 3.97. The van der Waals surface area contributed by atoms with Crippen molar-refractivity contribution in [2.24, 2.45) is 5.73 Å². The normalized spacial score (nSPS) is 12.5. The van der Waals surface area contributed by atoms with Crippen LogP contribution in [0, 0.1) is 0 Å². The quantitative estimate of drug-likeness (QED) is 0.772. The Labute approximate surface area is 95.8 Å². The minimum absolute atomic E-state index is 0.0675. The van der Waals surface area contributed by atoms with Crippen LogP contribution in [0.5, 0.6) is 0 Å². The van der Waals surface area contributed by atoms with E-state index in [0.29, 0.717) is 12.8 Å². The van der Waals surface area contributed by atoms with Crippen molar-refractivity contribution in [3.8, 4) is 0 Å². The van der Waals surface area contributed by atoms with E-state index < -0.39 is 0 Å². The Kier molecular flexibility index (Phi) is 4.92. The molecule has 0 fully saturated rings. The minimum Gasteiger partial charge on any atom is -0.463 e. The Balaban J connectivity index is 2.36. The van der Waals surface area contributed by atoms with Crippen LogP contribution in [0.25, 0.3) is 0 Å². The van der Waals surface area contributed by atoms with Gasteiger partial charge in [0.15, 0.2) is 0 Å². The number of hydrogen-bond acceptors (Lipinski definition) is 4. The topological polar surface area (TPSA) is 65.2 Å². The number of esters is 1. The second kappa shape index (κ2) is 6.23. The summed E-state index contributed by atoms with van der Waals surface area (Å²) >= 11 is 0. The number of rotatable bonds is 5. The number of hydrogen-bond donors (Lipinski definition) is 1. The van der Waals surface area contributed by atoms with Crippen molar-refractivity contribution in [2.45, 2.75) is 38.8 Å². The molecule has 4 heteroatoms. The van der Waals surface area contributed by atoms with Gasteiger partial charge in [-0.05, 0) is 31.9 Å². The van der Waals surface area contributed by atoms with Crippen LogP contribution in [0.2, 0.25) is 0 Å². The molecule has 0 aliphatic rings. The van der Waals surface area contributed by atoms with E-state index in [9.17, 15) is 4.79 Å². The van der Waals surface area contributed by atoms with E-state index >= 15 is 0 Å². The van der Waals surface area contributed by atoms with Gasteiger partial charge >= 0.3 is 5.97 Å². The first-order chi connectivity index (χ1) is 7.59. The van der Waals surface area contributed by atoms with Crippen molar-refractivity contribution in [1.82, 2.24) is 4.98 Å². The smallest absolute Gasteiger partial charge is 0.306 e. The van der Waals surface area contributed by atoms with Gasteiger partial charge in [-0.3, -0.25) is 9.78 Å². The fourth-order valence-corrected chi connectivity index (χ4v) is 1.36. The molecule has 1 rings (SSSR count). The van der Waals surface area contributed by atoms with E-state index in [-0.39, 0.29) is 18.1 Å². The number of pyridine rings is 1. The van der Waals surface area contributed by atoms with Gasteiger partial charge in [0.05, 0.1) is 6.10 Å². The molecule has 0 aliphatic carbocycles. The largest absolute Gasteiger partial charge is 0.463 e. The maximum Gasteiger partial charge on any atom is 0.306 e. The lowest BCUT2D eigenvalue weighted by Gasteiger charge is -2.12. The van der Waals surface area contributed by atoms with Crippen LogP contribution in [-0.4, -0.2) is 17.1 Å². The fourth-order valence-electron chi connectivity index (χ4n) is 1.36. The third kappa shape index (κ3) is 4.40. The summed E-state index contributed by atoms with van der Waals surface area (Å²) in [5, 5.41) is 0. The summed E-state index contributed by atoms with van der Waals surface area (Å²) in [4.78, 5) is 15.3. The summed E-state index contributed by atoms with van der Waals surface area (Å²) in [6.45, 7) is 3.66.